The Labute approximate surface area is 190 Å². The maximum atomic E-state index is 12.3. The molecule has 2 aliphatic heterocycles. The molecule has 33 heavy (non-hydrogen) atoms. The van der Waals surface area contributed by atoms with Crippen LogP contribution in [0.4, 0.5) is 0 Å². The van der Waals surface area contributed by atoms with Gasteiger partial charge in [0.05, 0.1) is 5.69 Å². The van der Waals surface area contributed by atoms with E-state index in [0.717, 1.165) is 66.9 Å². The maximum Gasteiger partial charge on any atom is 0.336 e. The van der Waals surface area contributed by atoms with Crippen LogP contribution in [0.5, 0.6) is 11.5 Å². The monoisotopic (exact) mass is 447 g/mol. The number of hydrogen-bond donors (Lipinski definition) is 0. The van der Waals surface area contributed by atoms with Crippen molar-refractivity contribution in [2.24, 2.45) is 0 Å². The van der Waals surface area contributed by atoms with Crippen LogP contribution in [0.15, 0.2) is 44.1 Å². The lowest BCUT2D eigenvalue weighted by Crippen LogP contribution is -2.45. The number of fused-ring (bicyclic) bond motifs is 3. The van der Waals surface area contributed by atoms with Gasteiger partial charge < -0.3 is 23.2 Å². The largest absolute Gasteiger partial charge is 0.454 e. The van der Waals surface area contributed by atoms with E-state index in [9.17, 15) is 4.79 Å². The third-order valence-electron chi connectivity index (χ3n) is 6.63. The van der Waals surface area contributed by atoms with Gasteiger partial charge in [-0.25, -0.2) is 4.79 Å². The van der Waals surface area contributed by atoms with Gasteiger partial charge in [-0.15, -0.1) is 0 Å². The number of aryl methyl sites for hydroxylation is 1. The zero-order valence-electron chi connectivity index (χ0n) is 18.7. The molecule has 1 aromatic carbocycles. The molecule has 6 rings (SSSR count). The first-order chi connectivity index (χ1) is 16.1. The Bertz CT molecular complexity index is 1420. The molecule has 0 bridgehead atoms. The molecule has 3 aromatic heterocycles. The molecule has 2 aliphatic rings. The highest BCUT2D eigenvalue weighted by Gasteiger charge is 2.22. The lowest BCUT2D eigenvalue weighted by Gasteiger charge is -2.34. The van der Waals surface area contributed by atoms with E-state index in [1.165, 1.54) is 6.07 Å². The van der Waals surface area contributed by atoms with Crippen molar-refractivity contribution in [3.05, 3.63) is 52.1 Å². The van der Waals surface area contributed by atoms with Crippen molar-refractivity contribution in [2.75, 3.05) is 39.5 Å². The van der Waals surface area contributed by atoms with E-state index < -0.39 is 5.63 Å². The summed E-state index contributed by atoms with van der Waals surface area (Å²) in [6.07, 6.45) is 1.94. The van der Waals surface area contributed by atoms with Crippen LogP contribution in [0.3, 0.4) is 0 Å². The van der Waals surface area contributed by atoms with Crippen LogP contribution < -0.4 is 15.1 Å². The molecular formula is C25H25N3O5. The number of rotatable bonds is 4. The molecule has 0 atom stereocenters. The number of ether oxygens (including phenoxy) is 2. The molecule has 5 heterocycles. The predicted molar refractivity (Wildman–Crippen MR) is 124 cm³/mol. The summed E-state index contributed by atoms with van der Waals surface area (Å²) in [5.41, 5.74) is 3.35. The minimum atomic E-state index is -0.444. The normalized spacial score (nSPS) is 16.8. The number of likely N-dealkylation sites (N-methyl/N-ethyl adjacent to an activating group) is 1. The van der Waals surface area contributed by atoms with Crippen LogP contribution in [-0.2, 0) is 6.54 Å². The molecule has 8 heteroatoms. The van der Waals surface area contributed by atoms with Crippen LogP contribution in [0.25, 0.3) is 33.3 Å². The summed E-state index contributed by atoms with van der Waals surface area (Å²) in [7, 11) is 0. The van der Waals surface area contributed by atoms with Crippen molar-refractivity contribution >= 4 is 21.9 Å². The van der Waals surface area contributed by atoms with Gasteiger partial charge in [0, 0.05) is 67.4 Å². The second-order valence-corrected chi connectivity index (χ2v) is 8.61. The molecule has 1 saturated heterocycles. The quantitative estimate of drug-likeness (QED) is 0.437. The van der Waals surface area contributed by atoms with Crippen LogP contribution in [-0.4, -0.2) is 54.3 Å². The zero-order chi connectivity index (χ0) is 22.5. The fraction of sp³-hybridized carbons (Fsp3) is 0.360. The van der Waals surface area contributed by atoms with Crippen LogP contribution in [0.1, 0.15) is 18.2 Å². The van der Waals surface area contributed by atoms with Crippen molar-refractivity contribution in [1.29, 1.82) is 0 Å². The highest BCUT2D eigenvalue weighted by molar-refractivity contribution is 5.97. The van der Waals surface area contributed by atoms with Crippen LogP contribution >= 0.6 is 0 Å². The second kappa shape index (κ2) is 7.90. The molecule has 8 nitrogen and oxygen atoms in total. The summed E-state index contributed by atoms with van der Waals surface area (Å²) in [5.74, 6) is 1.80. The molecule has 1 fully saturated rings. The van der Waals surface area contributed by atoms with E-state index in [2.05, 4.69) is 21.7 Å². The number of pyridine rings is 1. The molecule has 0 amide bonds. The number of furan rings is 1. The molecular weight excluding hydrogens is 422 g/mol. The number of nitrogens with zero attached hydrogens (tertiary/aromatic N) is 3. The first-order valence-corrected chi connectivity index (χ1v) is 11.3. The Kier molecular flexibility index (Phi) is 4.85. The number of aromatic nitrogens is 1. The van der Waals surface area contributed by atoms with Gasteiger partial charge in [0.1, 0.15) is 11.3 Å². The van der Waals surface area contributed by atoms with Gasteiger partial charge in [-0.1, -0.05) is 6.92 Å². The molecule has 0 spiro atoms. The van der Waals surface area contributed by atoms with Crippen molar-refractivity contribution in [3.63, 3.8) is 0 Å². The highest BCUT2D eigenvalue weighted by atomic mass is 16.7. The summed E-state index contributed by atoms with van der Waals surface area (Å²) in [6, 6.07) is 7.01. The second-order valence-electron chi connectivity index (χ2n) is 8.61. The topological polar surface area (TPSA) is 81.2 Å². The third-order valence-corrected chi connectivity index (χ3v) is 6.63. The summed E-state index contributed by atoms with van der Waals surface area (Å²) in [4.78, 5) is 21.8. The number of hydrogen-bond acceptors (Lipinski definition) is 8. The van der Waals surface area contributed by atoms with Crippen molar-refractivity contribution in [3.8, 4) is 22.8 Å². The van der Waals surface area contributed by atoms with E-state index >= 15 is 0 Å². The molecule has 170 valence electrons. The molecule has 0 saturated carbocycles. The van der Waals surface area contributed by atoms with Crippen LogP contribution in [0.2, 0.25) is 0 Å². The lowest BCUT2D eigenvalue weighted by molar-refractivity contribution is 0.132. The Morgan fingerprint density at radius 3 is 2.48 bits per heavy atom. The van der Waals surface area contributed by atoms with Gasteiger partial charge in [0.25, 0.3) is 0 Å². The summed E-state index contributed by atoms with van der Waals surface area (Å²) < 4.78 is 22.7. The fourth-order valence-electron chi connectivity index (χ4n) is 4.72. The lowest BCUT2D eigenvalue weighted by atomic mass is 10.1. The summed E-state index contributed by atoms with van der Waals surface area (Å²) in [5, 5.41) is 1.76. The van der Waals surface area contributed by atoms with Gasteiger partial charge in [-0.2, -0.15) is 0 Å². The Morgan fingerprint density at radius 2 is 1.70 bits per heavy atom. The smallest absolute Gasteiger partial charge is 0.336 e. The Balaban J connectivity index is 1.43. The maximum absolute atomic E-state index is 12.3. The molecule has 4 aromatic rings. The average Bonchev–Trinajstić information content (AvgIpc) is 3.47. The Hall–Kier alpha value is -3.36. The molecule has 0 N–H and O–H groups in total. The third kappa shape index (κ3) is 3.55. The average molecular weight is 447 g/mol. The molecule has 0 radical (unpaired) electrons. The zero-order valence-corrected chi connectivity index (χ0v) is 18.7. The van der Waals surface area contributed by atoms with E-state index in [1.807, 2.05) is 25.3 Å². The fourth-order valence-corrected chi connectivity index (χ4v) is 4.72. The minimum Gasteiger partial charge on any atom is -0.454 e. The highest BCUT2D eigenvalue weighted by Crippen LogP contribution is 2.40. The van der Waals surface area contributed by atoms with E-state index in [1.54, 1.807) is 6.07 Å². The van der Waals surface area contributed by atoms with Gasteiger partial charge in [0.2, 0.25) is 6.79 Å². The first kappa shape index (κ1) is 20.3. The van der Waals surface area contributed by atoms with Gasteiger partial charge >= 0.3 is 5.63 Å². The summed E-state index contributed by atoms with van der Waals surface area (Å²) >= 11 is 0. The molecule has 0 aliphatic carbocycles. The Morgan fingerprint density at radius 1 is 0.939 bits per heavy atom. The summed E-state index contributed by atoms with van der Waals surface area (Å²) in [6.45, 7) is 10.4. The van der Waals surface area contributed by atoms with Crippen LogP contribution in [0, 0.1) is 6.92 Å². The van der Waals surface area contributed by atoms with E-state index in [4.69, 9.17) is 18.3 Å². The van der Waals surface area contributed by atoms with Gasteiger partial charge in [-0.05, 0) is 31.2 Å². The molecule has 0 unspecified atom stereocenters. The van der Waals surface area contributed by atoms with Crippen molar-refractivity contribution in [1.82, 2.24) is 14.8 Å². The standard InChI is InChI=1S/C25H25N3O5/c1-3-27-4-6-28(7-5-27)13-16-12-26-15(2)25-17(16)8-20(33-25)19-10-24(29)32-21-11-23-22(9-18(19)21)30-14-31-23/h8-12H,3-7,13-14H2,1-2H3. The SMILES string of the molecule is CCN1CCN(Cc2cnc(C)c3oc(-c4cc(=O)oc5cc6c(cc45)OCO6)cc23)CC1. The first-order valence-electron chi connectivity index (χ1n) is 11.3. The van der Waals surface area contributed by atoms with Crippen molar-refractivity contribution in [2.45, 2.75) is 20.4 Å². The predicted octanol–water partition coefficient (Wildman–Crippen LogP) is 3.78. The van der Waals surface area contributed by atoms with E-state index in [0.29, 0.717) is 28.4 Å². The number of piperazine rings is 1. The van der Waals surface area contributed by atoms with Gasteiger partial charge in [0.15, 0.2) is 17.1 Å². The van der Waals surface area contributed by atoms with Crippen molar-refractivity contribution < 1.29 is 18.3 Å². The van der Waals surface area contributed by atoms with E-state index in [-0.39, 0.29) is 6.79 Å². The minimum absolute atomic E-state index is 0.149. The van der Waals surface area contributed by atoms with Gasteiger partial charge in [-0.3, -0.25) is 9.88 Å². The number of benzene rings is 1.